The first kappa shape index (κ1) is 13.0. The van der Waals surface area contributed by atoms with Crippen molar-refractivity contribution >= 4 is 11.8 Å². The fourth-order valence-corrected chi connectivity index (χ4v) is 1.34. The number of carbonyl (C=O) groups is 2. The Morgan fingerprint density at radius 1 is 1.35 bits per heavy atom. The average molecular weight is 238 g/mol. The van der Waals surface area contributed by atoms with E-state index in [1.165, 1.54) is 13.2 Å². The molecule has 1 N–H and O–H groups in total. The quantitative estimate of drug-likeness (QED) is 0.488. The van der Waals surface area contributed by atoms with Gasteiger partial charge in [0.05, 0.1) is 19.3 Å². The summed E-state index contributed by atoms with van der Waals surface area (Å²) < 4.78 is 9.55. The molecule has 0 unspecified atom stereocenters. The lowest BCUT2D eigenvalue weighted by Gasteiger charge is -2.08. The lowest BCUT2D eigenvalue weighted by atomic mass is 10.1. The number of methoxy groups -OCH3 is 1. The molecule has 1 aromatic rings. The number of carbonyl (C=O) groups excluding carboxylic acids is 2. The van der Waals surface area contributed by atoms with E-state index in [9.17, 15) is 14.7 Å². The zero-order chi connectivity index (χ0) is 13.0. The van der Waals surface area contributed by atoms with E-state index >= 15 is 0 Å². The molecule has 92 valence electrons. The van der Waals surface area contributed by atoms with Crippen LogP contribution in [0.4, 0.5) is 0 Å². The molecule has 0 amide bonds. The first-order valence-electron chi connectivity index (χ1n) is 5.10. The van der Waals surface area contributed by atoms with Crippen LogP contribution in [0.5, 0.6) is 11.5 Å². The fraction of sp³-hybridized carbons (Fsp3) is 0.333. The molecule has 0 atom stereocenters. The number of ketones is 1. The van der Waals surface area contributed by atoms with Crippen molar-refractivity contribution in [1.29, 1.82) is 0 Å². The molecule has 0 saturated heterocycles. The molecule has 0 aliphatic rings. The van der Waals surface area contributed by atoms with Crippen molar-refractivity contribution in [3.8, 4) is 11.5 Å². The van der Waals surface area contributed by atoms with E-state index in [1.807, 2.05) is 0 Å². The second-order valence-electron chi connectivity index (χ2n) is 3.39. The van der Waals surface area contributed by atoms with Crippen LogP contribution in [0.2, 0.25) is 0 Å². The maximum atomic E-state index is 11.7. The lowest BCUT2D eigenvalue weighted by molar-refractivity contribution is -0.137. The minimum absolute atomic E-state index is 0.105. The summed E-state index contributed by atoms with van der Waals surface area (Å²) in [5, 5.41) is 9.72. The highest BCUT2D eigenvalue weighted by Gasteiger charge is 2.22. The zero-order valence-corrected chi connectivity index (χ0v) is 9.94. The maximum Gasteiger partial charge on any atom is 0.379 e. The standard InChI is InChI=1S/C12H14O5/c1-4-17-12(15)11(14)9-6-8(16-3)5-7(2)10(9)13/h5-6,13H,4H2,1-3H3. The molecule has 1 rings (SSSR count). The van der Waals surface area contributed by atoms with Gasteiger partial charge in [0.15, 0.2) is 0 Å². The third-order valence-corrected chi connectivity index (χ3v) is 2.22. The van der Waals surface area contributed by atoms with E-state index in [4.69, 9.17) is 4.74 Å². The van der Waals surface area contributed by atoms with Crippen molar-refractivity contribution in [2.24, 2.45) is 0 Å². The van der Waals surface area contributed by atoms with Crippen LogP contribution < -0.4 is 4.74 Å². The Balaban J connectivity index is 3.16. The number of esters is 1. The van der Waals surface area contributed by atoms with Gasteiger partial charge in [-0.05, 0) is 31.5 Å². The summed E-state index contributed by atoms with van der Waals surface area (Å²) >= 11 is 0. The number of benzene rings is 1. The molecule has 17 heavy (non-hydrogen) atoms. The zero-order valence-electron chi connectivity index (χ0n) is 9.94. The van der Waals surface area contributed by atoms with Crippen molar-refractivity contribution in [1.82, 2.24) is 0 Å². The smallest absolute Gasteiger partial charge is 0.379 e. The van der Waals surface area contributed by atoms with E-state index in [2.05, 4.69) is 4.74 Å². The lowest BCUT2D eigenvalue weighted by Crippen LogP contribution is -2.18. The van der Waals surface area contributed by atoms with E-state index in [0.717, 1.165) is 0 Å². The number of aryl methyl sites for hydroxylation is 1. The van der Waals surface area contributed by atoms with Gasteiger partial charge in [-0.15, -0.1) is 0 Å². The SMILES string of the molecule is CCOC(=O)C(=O)c1cc(OC)cc(C)c1O. The van der Waals surface area contributed by atoms with Gasteiger partial charge in [-0.2, -0.15) is 0 Å². The normalized spacial score (nSPS) is 9.82. The predicted molar refractivity (Wildman–Crippen MR) is 60.4 cm³/mol. The second-order valence-corrected chi connectivity index (χ2v) is 3.39. The van der Waals surface area contributed by atoms with E-state index in [-0.39, 0.29) is 17.9 Å². The number of hydrogen-bond donors (Lipinski definition) is 1. The van der Waals surface area contributed by atoms with Crippen LogP contribution in [0.25, 0.3) is 0 Å². The fourth-order valence-electron chi connectivity index (χ4n) is 1.34. The Kier molecular flexibility index (Phi) is 4.09. The van der Waals surface area contributed by atoms with Crippen molar-refractivity contribution in [3.05, 3.63) is 23.3 Å². The van der Waals surface area contributed by atoms with Crippen LogP contribution in [-0.2, 0) is 9.53 Å². The highest BCUT2D eigenvalue weighted by molar-refractivity contribution is 6.41. The molecule has 0 radical (unpaired) electrons. The molecule has 0 heterocycles. The van der Waals surface area contributed by atoms with Gasteiger partial charge in [0.2, 0.25) is 0 Å². The van der Waals surface area contributed by atoms with Gasteiger partial charge in [-0.3, -0.25) is 4.79 Å². The van der Waals surface area contributed by atoms with Crippen LogP contribution in [0.3, 0.4) is 0 Å². The topological polar surface area (TPSA) is 72.8 Å². The highest BCUT2D eigenvalue weighted by atomic mass is 16.5. The van der Waals surface area contributed by atoms with Crippen molar-refractivity contribution < 1.29 is 24.2 Å². The molecule has 5 nitrogen and oxygen atoms in total. The van der Waals surface area contributed by atoms with Crippen molar-refractivity contribution in [2.75, 3.05) is 13.7 Å². The third kappa shape index (κ3) is 2.75. The third-order valence-electron chi connectivity index (χ3n) is 2.22. The molecule has 0 spiro atoms. The van der Waals surface area contributed by atoms with Crippen LogP contribution in [0.15, 0.2) is 12.1 Å². The molecule has 0 aliphatic carbocycles. The molecule has 0 bridgehead atoms. The first-order chi connectivity index (χ1) is 8.01. The van der Waals surface area contributed by atoms with Gasteiger partial charge in [-0.25, -0.2) is 4.79 Å². The number of phenols is 1. The summed E-state index contributed by atoms with van der Waals surface area (Å²) in [5.74, 6) is -1.71. The van der Waals surface area contributed by atoms with Crippen molar-refractivity contribution in [2.45, 2.75) is 13.8 Å². The minimum atomic E-state index is -0.990. The largest absolute Gasteiger partial charge is 0.507 e. The number of Topliss-reactive ketones (excluding diaryl/α,β-unsaturated/α-hetero) is 1. The monoisotopic (exact) mass is 238 g/mol. The van der Waals surface area contributed by atoms with Gasteiger partial charge in [0.1, 0.15) is 11.5 Å². The molecule has 5 heteroatoms. The number of ether oxygens (including phenoxy) is 2. The Hall–Kier alpha value is -2.04. The van der Waals surface area contributed by atoms with Crippen LogP contribution in [0, 0.1) is 6.92 Å². The second kappa shape index (κ2) is 5.34. The van der Waals surface area contributed by atoms with E-state index in [0.29, 0.717) is 11.3 Å². The number of hydrogen-bond acceptors (Lipinski definition) is 5. The number of phenolic OH excluding ortho intramolecular Hbond substituents is 1. The molecule has 0 fully saturated rings. The van der Waals surface area contributed by atoms with E-state index in [1.54, 1.807) is 19.9 Å². The van der Waals surface area contributed by atoms with Gasteiger partial charge in [0, 0.05) is 0 Å². The maximum absolute atomic E-state index is 11.7. The molecule has 0 aromatic heterocycles. The Labute approximate surface area is 99.0 Å². The summed E-state index contributed by atoms with van der Waals surface area (Å²) in [7, 11) is 1.43. The summed E-state index contributed by atoms with van der Waals surface area (Å²) in [5.41, 5.74) is 0.345. The summed E-state index contributed by atoms with van der Waals surface area (Å²) in [4.78, 5) is 23.0. The summed E-state index contributed by atoms with van der Waals surface area (Å²) in [6.07, 6.45) is 0. The Morgan fingerprint density at radius 2 is 2.00 bits per heavy atom. The summed E-state index contributed by atoms with van der Waals surface area (Å²) in [6.45, 7) is 3.32. The van der Waals surface area contributed by atoms with E-state index < -0.39 is 11.8 Å². The molecular formula is C12H14O5. The number of rotatable bonds is 4. The molecule has 1 aromatic carbocycles. The van der Waals surface area contributed by atoms with Gasteiger partial charge in [-0.1, -0.05) is 0 Å². The van der Waals surface area contributed by atoms with Gasteiger partial charge >= 0.3 is 5.97 Å². The molecule has 0 saturated carbocycles. The van der Waals surface area contributed by atoms with Gasteiger partial charge < -0.3 is 14.6 Å². The first-order valence-corrected chi connectivity index (χ1v) is 5.10. The van der Waals surface area contributed by atoms with Crippen LogP contribution >= 0.6 is 0 Å². The Morgan fingerprint density at radius 3 is 2.53 bits per heavy atom. The predicted octanol–water partition coefficient (Wildman–Crippen LogP) is 1.46. The van der Waals surface area contributed by atoms with Gasteiger partial charge in [0.25, 0.3) is 5.78 Å². The minimum Gasteiger partial charge on any atom is -0.507 e. The molecular weight excluding hydrogens is 224 g/mol. The van der Waals surface area contributed by atoms with Crippen molar-refractivity contribution in [3.63, 3.8) is 0 Å². The Bertz CT molecular complexity index is 450. The van der Waals surface area contributed by atoms with Crippen LogP contribution in [-0.4, -0.2) is 30.6 Å². The number of aromatic hydroxyl groups is 1. The molecule has 0 aliphatic heterocycles. The summed E-state index contributed by atoms with van der Waals surface area (Å²) in [6, 6.07) is 2.87. The van der Waals surface area contributed by atoms with Crippen LogP contribution in [0.1, 0.15) is 22.8 Å². The average Bonchev–Trinajstić information content (AvgIpc) is 2.31. The highest BCUT2D eigenvalue weighted by Crippen LogP contribution is 2.28.